The van der Waals surface area contributed by atoms with E-state index in [4.69, 9.17) is 0 Å². The molecule has 1 saturated heterocycles. The van der Waals surface area contributed by atoms with Gasteiger partial charge in [0.25, 0.3) is 0 Å². The molecule has 2 heterocycles. The number of benzene rings is 1. The molecule has 2 bridgehead atoms. The van der Waals surface area contributed by atoms with E-state index in [1.807, 2.05) is 0 Å². The fraction of sp³-hybridized carbons (Fsp3) is 0.625. The van der Waals surface area contributed by atoms with Crippen LogP contribution in [0.4, 0.5) is 0 Å². The second-order valence-electron chi connectivity index (χ2n) is 6.02. The third kappa shape index (κ3) is 1.63. The standard InChI is InChI=1S/C16H23N/c1-11(2)12(3)17-15-9-6-10-16(17)14-8-5-4-7-13(14)15/h4-5,7-8,11-12,15-16H,6,9-10H2,1-3H3. The van der Waals surface area contributed by atoms with Gasteiger partial charge in [0.2, 0.25) is 0 Å². The van der Waals surface area contributed by atoms with Crippen LogP contribution in [0.1, 0.15) is 63.2 Å². The molecule has 0 aliphatic carbocycles. The normalized spacial score (nSPS) is 29.4. The largest absolute Gasteiger partial charge is 0.286 e. The van der Waals surface area contributed by atoms with E-state index >= 15 is 0 Å². The molecule has 17 heavy (non-hydrogen) atoms. The molecule has 3 unspecified atom stereocenters. The van der Waals surface area contributed by atoms with E-state index < -0.39 is 0 Å². The van der Waals surface area contributed by atoms with Crippen molar-refractivity contribution >= 4 is 0 Å². The molecule has 0 aromatic heterocycles. The highest BCUT2D eigenvalue weighted by molar-refractivity contribution is 5.38. The second kappa shape index (κ2) is 4.13. The number of piperidine rings is 1. The average Bonchev–Trinajstić information content (AvgIpc) is 2.53. The predicted octanol–water partition coefficient (Wildman–Crippen LogP) is 4.31. The summed E-state index contributed by atoms with van der Waals surface area (Å²) in [6.07, 6.45) is 4.10. The summed E-state index contributed by atoms with van der Waals surface area (Å²) in [5.74, 6) is 0.743. The van der Waals surface area contributed by atoms with Gasteiger partial charge < -0.3 is 0 Å². The summed E-state index contributed by atoms with van der Waals surface area (Å²) in [6, 6.07) is 11.2. The lowest BCUT2D eigenvalue weighted by Gasteiger charge is -2.41. The van der Waals surface area contributed by atoms with Crippen molar-refractivity contribution in [2.45, 2.75) is 58.2 Å². The third-order valence-electron chi connectivity index (χ3n) is 4.82. The topological polar surface area (TPSA) is 3.24 Å². The Morgan fingerprint density at radius 3 is 2.00 bits per heavy atom. The van der Waals surface area contributed by atoms with Gasteiger partial charge in [0.1, 0.15) is 0 Å². The highest BCUT2D eigenvalue weighted by Crippen LogP contribution is 2.52. The second-order valence-corrected chi connectivity index (χ2v) is 6.02. The molecule has 0 amide bonds. The quantitative estimate of drug-likeness (QED) is 0.730. The molecule has 0 radical (unpaired) electrons. The van der Waals surface area contributed by atoms with Crippen molar-refractivity contribution in [2.24, 2.45) is 5.92 Å². The van der Waals surface area contributed by atoms with E-state index in [9.17, 15) is 0 Å². The Morgan fingerprint density at radius 2 is 1.53 bits per heavy atom. The van der Waals surface area contributed by atoms with Crippen molar-refractivity contribution in [3.63, 3.8) is 0 Å². The molecular weight excluding hydrogens is 206 g/mol. The van der Waals surface area contributed by atoms with E-state index in [1.165, 1.54) is 19.3 Å². The molecule has 3 atom stereocenters. The fourth-order valence-electron chi connectivity index (χ4n) is 3.68. The van der Waals surface area contributed by atoms with Gasteiger partial charge in [-0.05, 0) is 43.2 Å². The van der Waals surface area contributed by atoms with Gasteiger partial charge >= 0.3 is 0 Å². The molecule has 1 aromatic rings. The lowest BCUT2D eigenvalue weighted by molar-refractivity contribution is 0.0453. The minimum absolute atomic E-state index is 0.692. The SMILES string of the molecule is CC(C)C(C)N1C2CCCC1c1ccccc12. The van der Waals surface area contributed by atoms with Crippen LogP contribution >= 0.6 is 0 Å². The Morgan fingerprint density at radius 1 is 1.00 bits per heavy atom. The van der Waals surface area contributed by atoms with Crippen LogP contribution in [0, 0.1) is 5.92 Å². The number of nitrogens with zero attached hydrogens (tertiary/aromatic N) is 1. The van der Waals surface area contributed by atoms with E-state index in [0.29, 0.717) is 18.1 Å². The van der Waals surface area contributed by atoms with Gasteiger partial charge in [-0.3, -0.25) is 4.90 Å². The summed E-state index contributed by atoms with van der Waals surface area (Å²) in [5, 5.41) is 0. The van der Waals surface area contributed by atoms with Crippen molar-refractivity contribution in [2.75, 3.05) is 0 Å². The fourth-order valence-corrected chi connectivity index (χ4v) is 3.68. The minimum atomic E-state index is 0.692. The van der Waals surface area contributed by atoms with Crippen LogP contribution in [0.5, 0.6) is 0 Å². The Kier molecular flexibility index (Phi) is 2.74. The maximum Gasteiger partial charge on any atom is 0.0360 e. The zero-order valence-electron chi connectivity index (χ0n) is 11.2. The van der Waals surface area contributed by atoms with Gasteiger partial charge in [-0.2, -0.15) is 0 Å². The molecular formula is C16H23N. The number of fused-ring (bicyclic) bond motifs is 5. The molecule has 0 N–H and O–H groups in total. The molecule has 1 fully saturated rings. The van der Waals surface area contributed by atoms with E-state index in [2.05, 4.69) is 49.9 Å². The van der Waals surface area contributed by atoms with Crippen LogP contribution in [-0.2, 0) is 0 Å². The Labute approximate surface area is 105 Å². The molecule has 2 aliphatic rings. The van der Waals surface area contributed by atoms with Crippen molar-refractivity contribution in [1.29, 1.82) is 0 Å². The first-order chi connectivity index (χ1) is 8.20. The first kappa shape index (κ1) is 11.3. The van der Waals surface area contributed by atoms with E-state index in [0.717, 1.165) is 5.92 Å². The lowest BCUT2D eigenvalue weighted by atomic mass is 9.94. The third-order valence-corrected chi connectivity index (χ3v) is 4.82. The molecule has 0 spiro atoms. The summed E-state index contributed by atoms with van der Waals surface area (Å²) < 4.78 is 0. The first-order valence-corrected chi connectivity index (χ1v) is 7.06. The van der Waals surface area contributed by atoms with Crippen molar-refractivity contribution in [3.8, 4) is 0 Å². The highest BCUT2D eigenvalue weighted by atomic mass is 15.2. The zero-order valence-corrected chi connectivity index (χ0v) is 11.2. The molecule has 1 heteroatoms. The van der Waals surface area contributed by atoms with Gasteiger partial charge in [0, 0.05) is 18.1 Å². The lowest BCUT2D eigenvalue weighted by Crippen LogP contribution is -2.40. The summed E-state index contributed by atoms with van der Waals surface area (Å²) >= 11 is 0. The van der Waals surface area contributed by atoms with Gasteiger partial charge in [0.05, 0.1) is 0 Å². The number of hydrogen-bond acceptors (Lipinski definition) is 1. The van der Waals surface area contributed by atoms with E-state index in [1.54, 1.807) is 11.1 Å². The van der Waals surface area contributed by atoms with Crippen LogP contribution in [0.25, 0.3) is 0 Å². The summed E-state index contributed by atoms with van der Waals surface area (Å²) in [6.45, 7) is 7.11. The number of hydrogen-bond donors (Lipinski definition) is 0. The van der Waals surface area contributed by atoms with Gasteiger partial charge in [-0.15, -0.1) is 0 Å². The zero-order chi connectivity index (χ0) is 12.0. The van der Waals surface area contributed by atoms with Crippen molar-refractivity contribution < 1.29 is 0 Å². The molecule has 1 nitrogen and oxygen atoms in total. The molecule has 2 aliphatic heterocycles. The van der Waals surface area contributed by atoms with Gasteiger partial charge in [-0.25, -0.2) is 0 Å². The summed E-state index contributed by atoms with van der Waals surface area (Å²) in [7, 11) is 0. The van der Waals surface area contributed by atoms with Crippen molar-refractivity contribution in [3.05, 3.63) is 35.4 Å². The predicted molar refractivity (Wildman–Crippen MR) is 71.9 cm³/mol. The molecule has 92 valence electrons. The Balaban J connectivity index is 2.01. The molecule has 3 rings (SSSR count). The summed E-state index contributed by atoms with van der Waals surface area (Å²) in [5.41, 5.74) is 3.23. The van der Waals surface area contributed by atoms with Crippen LogP contribution in [0.15, 0.2) is 24.3 Å². The molecule has 1 aromatic carbocycles. The van der Waals surface area contributed by atoms with Crippen molar-refractivity contribution in [1.82, 2.24) is 4.90 Å². The van der Waals surface area contributed by atoms with Gasteiger partial charge in [0.15, 0.2) is 0 Å². The highest BCUT2D eigenvalue weighted by Gasteiger charge is 2.43. The average molecular weight is 229 g/mol. The maximum absolute atomic E-state index is 2.79. The van der Waals surface area contributed by atoms with Crippen LogP contribution < -0.4 is 0 Å². The minimum Gasteiger partial charge on any atom is -0.286 e. The maximum atomic E-state index is 2.79. The Hall–Kier alpha value is -0.820. The van der Waals surface area contributed by atoms with E-state index in [-0.39, 0.29) is 0 Å². The number of rotatable bonds is 2. The Bertz CT molecular complexity index is 379. The van der Waals surface area contributed by atoms with Crippen LogP contribution in [-0.4, -0.2) is 10.9 Å². The monoisotopic (exact) mass is 229 g/mol. The smallest absolute Gasteiger partial charge is 0.0360 e. The van der Waals surface area contributed by atoms with Crippen LogP contribution in [0.3, 0.4) is 0 Å². The van der Waals surface area contributed by atoms with Crippen LogP contribution in [0.2, 0.25) is 0 Å². The first-order valence-electron chi connectivity index (χ1n) is 7.06. The summed E-state index contributed by atoms with van der Waals surface area (Å²) in [4.78, 5) is 2.79. The van der Waals surface area contributed by atoms with Gasteiger partial charge in [-0.1, -0.05) is 38.1 Å². The molecule has 0 saturated carbocycles.